The average molecular weight is 483 g/mol. The van der Waals surface area contributed by atoms with E-state index in [2.05, 4.69) is 56.4 Å². The maximum Gasteiger partial charge on any atom is 0.208 e. The summed E-state index contributed by atoms with van der Waals surface area (Å²) in [7, 11) is 0. The normalized spacial score (nSPS) is 17.1. The third-order valence-corrected chi connectivity index (χ3v) is 6.37. The minimum atomic E-state index is -0.371. The zero-order valence-electron chi connectivity index (χ0n) is 20.2. The zero-order valence-corrected chi connectivity index (χ0v) is 20.2. The Bertz CT molecular complexity index is 1580. The summed E-state index contributed by atoms with van der Waals surface area (Å²) in [5.74, 6) is 1.92. The quantitative estimate of drug-likeness (QED) is 0.377. The monoisotopic (exact) mass is 482 g/mol. The lowest BCUT2D eigenvalue weighted by Crippen LogP contribution is -2.47. The highest BCUT2D eigenvalue weighted by molar-refractivity contribution is 5.90. The molecule has 0 bridgehead atoms. The second kappa shape index (κ2) is 8.35. The number of hydrogen-bond donors (Lipinski definition) is 2. The van der Waals surface area contributed by atoms with Gasteiger partial charge >= 0.3 is 0 Å². The Morgan fingerprint density at radius 1 is 1.11 bits per heavy atom. The molecule has 1 unspecified atom stereocenters. The maximum absolute atomic E-state index is 6.19. The molecule has 4 heterocycles. The number of rotatable bonds is 5. The molecule has 36 heavy (non-hydrogen) atoms. The number of nitrogen functional groups attached to an aromatic ring is 1. The molecule has 6 rings (SSSR count). The van der Waals surface area contributed by atoms with E-state index in [0.29, 0.717) is 18.2 Å². The van der Waals surface area contributed by atoms with Gasteiger partial charge in [0.2, 0.25) is 6.35 Å². The van der Waals surface area contributed by atoms with Crippen LogP contribution in [0.25, 0.3) is 16.6 Å². The lowest BCUT2D eigenvalue weighted by molar-refractivity contribution is 0.125. The van der Waals surface area contributed by atoms with Crippen molar-refractivity contribution in [3.8, 4) is 11.5 Å². The molecule has 10 nitrogen and oxygen atoms in total. The average Bonchev–Trinajstić information content (AvgIpc) is 3.44. The molecule has 1 aliphatic rings. The Kier molecular flexibility index (Phi) is 5.11. The summed E-state index contributed by atoms with van der Waals surface area (Å²) in [5, 5.41) is 12.3. The van der Waals surface area contributed by atoms with E-state index < -0.39 is 0 Å². The fourth-order valence-electron chi connectivity index (χ4n) is 4.53. The van der Waals surface area contributed by atoms with E-state index in [9.17, 15) is 0 Å². The first-order chi connectivity index (χ1) is 17.4. The molecule has 1 atom stereocenters. The van der Waals surface area contributed by atoms with Gasteiger partial charge in [0, 0.05) is 29.0 Å². The molecular weight excluding hydrogens is 456 g/mol. The lowest BCUT2D eigenvalue weighted by atomic mass is 10.0. The third kappa shape index (κ3) is 3.91. The Morgan fingerprint density at radius 2 is 2.00 bits per heavy atom. The van der Waals surface area contributed by atoms with Crippen molar-refractivity contribution in [2.45, 2.75) is 32.7 Å². The molecule has 3 N–H and O–H groups in total. The summed E-state index contributed by atoms with van der Waals surface area (Å²) in [5.41, 5.74) is 10.3. The van der Waals surface area contributed by atoms with Crippen molar-refractivity contribution in [2.75, 3.05) is 22.6 Å². The SMILES string of the molecule is Cc1cc(N2C(Nc3ccc4ncnc(N)c4c3)OCC2(C)C)ccc1Oc1ccn2cnnc2c1. The number of aromatic nitrogens is 5. The molecule has 10 heteroatoms. The number of hydrogen-bond acceptors (Lipinski definition) is 9. The van der Waals surface area contributed by atoms with Crippen molar-refractivity contribution in [1.82, 2.24) is 24.6 Å². The van der Waals surface area contributed by atoms with Crippen LogP contribution in [-0.4, -0.2) is 43.1 Å². The highest BCUT2D eigenvalue weighted by atomic mass is 16.5. The van der Waals surface area contributed by atoms with Gasteiger partial charge in [-0.3, -0.25) is 4.40 Å². The molecule has 2 aromatic carbocycles. The van der Waals surface area contributed by atoms with Crippen LogP contribution >= 0.6 is 0 Å². The zero-order chi connectivity index (χ0) is 24.9. The Morgan fingerprint density at radius 3 is 2.86 bits per heavy atom. The lowest BCUT2D eigenvalue weighted by Gasteiger charge is -2.36. The van der Waals surface area contributed by atoms with Crippen molar-refractivity contribution in [3.05, 3.63) is 72.9 Å². The number of nitrogens with one attached hydrogen (secondary N) is 1. The molecule has 0 radical (unpaired) electrons. The number of ether oxygens (including phenoxy) is 2. The smallest absolute Gasteiger partial charge is 0.208 e. The van der Waals surface area contributed by atoms with E-state index in [-0.39, 0.29) is 11.9 Å². The van der Waals surface area contributed by atoms with Crippen LogP contribution in [0.15, 0.2) is 67.4 Å². The van der Waals surface area contributed by atoms with Crippen molar-refractivity contribution in [1.29, 1.82) is 0 Å². The van der Waals surface area contributed by atoms with Crippen LogP contribution in [0.3, 0.4) is 0 Å². The van der Waals surface area contributed by atoms with E-state index in [4.69, 9.17) is 15.2 Å². The van der Waals surface area contributed by atoms with Crippen LogP contribution in [0.4, 0.5) is 17.2 Å². The summed E-state index contributed by atoms with van der Waals surface area (Å²) < 4.78 is 14.2. The van der Waals surface area contributed by atoms with Crippen LogP contribution in [-0.2, 0) is 4.74 Å². The largest absolute Gasteiger partial charge is 0.457 e. The van der Waals surface area contributed by atoms with Crippen LogP contribution < -0.4 is 20.7 Å². The Balaban J connectivity index is 1.27. The fourth-order valence-corrected chi connectivity index (χ4v) is 4.53. The predicted octanol–water partition coefficient (Wildman–Crippen LogP) is 4.37. The van der Waals surface area contributed by atoms with Gasteiger partial charge in [0.05, 0.1) is 17.7 Å². The van der Waals surface area contributed by atoms with Crippen LogP contribution in [0, 0.1) is 6.92 Å². The molecular formula is C26H26N8O2. The molecule has 1 fully saturated rings. The maximum atomic E-state index is 6.19. The van der Waals surface area contributed by atoms with Gasteiger partial charge in [0.25, 0.3) is 0 Å². The molecule has 182 valence electrons. The molecule has 0 amide bonds. The number of aryl methyl sites for hydroxylation is 1. The summed E-state index contributed by atoms with van der Waals surface area (Å²) in [6.07, 6.45) is 4.63. The molecule has 3 aromatic heterocycles. The van der Waals surface area contributed by atoms with Gasteiger partial charge in [-0.05, 0) is 68.8 Å². The minimum Gasteiger partial charge on any atom is -0.457 e. The van der Waals surface area contributed by atoms with E-state index in [1.807, 2.05) is 53.9 Å². The first-order valence-electron chi connectivity index (χ1n) is 11.6. The Hall–Kier alpha value is -4.44. The number of anilines is 3. The van der Waals surface area contributed by atoms with Crippen LogP contribution in [0.2, 0.25) is 0 Å². The fraction of sp³-hybridized carbons (Fsp3) is 0.231. The summed E-state index contributed by atoms with van der Waals surface area (Å²) in [6, 6.07) is 15.7. The summed E-state index contributed by atoms with van der Waals surface area (Å²) in [6.45, 7) is 6.93. The van der Waals surface area contributed by atoms with Crippen LogP contribution in [0.1, 0.15) is 19.4 Å². The molecule has 5 aromatic rings. The van der Waals surface area contributed by atoms with Gasteiger partial charge < -0.3 is 25.4 Å². The van der Waals surface area contributed by atoms with Crippen molar-refractivity contribution >= 4 is 33.7 Å². The second-order valence-electron chi connectivity index (χ2n) is 9.49. The number of nitrogens with zero attached hydrogens (tertiary/aromatic N) is 6. The van der Waals surface area contributed by atoms with E-state index in [1.54, 1.807) is 6.33 Å². The number of fused-ring (bicyclic) bond motifs is 2. The standard InChI is InChI=1S/C26H26N8O2/c1-16-10-18(5-7-22(16)36-19-8-9-33-15-30-32-23(33)12-19)34-25(35-13-26(34,2)3)31-17-4-6-21-20(11-17)24(27)29-14-28-21/h4-12,14-15,25,31H,13H2,1-3H3,(H2,27,28,29). The van der Waals surface area contributed by atoms with Crippen LogP contribution in [0.5, 0.6) is 11.5 Å². The van der Waals surface area contributed by atoms with Gasteiger partial charge in [0.1, 0.15) is 30.0 Å². The third-order valence-electron chi connectivity index (χ3n) is 6.37. The minimum absolute atomic E-state index is 0.232. The summed E-state index contributed by atoms with van der Waals surface area (Å²) in [4.78, 5) is 10.6. The first kappa shape index (κ1) is 22.1. The first-order valence-corrected chi connectivity index (χ1v) is 11.6. The van der Waals surface area contributed by atoms with Gasteiger partial charge in [-0.2, -0.15) is 0 Å². The number of pyridine rings is 1. The molecule has 1 aliphatic heterocycles. The van der Waals surface area contributed by atoms with Crippen molar-refractivity contribution < 1.29 is 9.47 Å². The Labute approximate surface area is 207 Å². The van der Waals surface area contributed by atoms with Gasteiger partial charge in [-0.1, -0.05) is 0 Å². The van der Waals surface area contributed by atoms with E-state index in [0.717, 1.165) is 39.2 Å². The highest BCUT2D eigenvalue weighted by Gasteiger charge is 2.41. The summed E-state index contributed by atoms with van der Waals surface area (Å²) >= 11 is 0. The molecule has 1 saturated heterocycles. The second-order valence-corrected chi connectivity index (χ2v) is 9.49. The van der Waals surface area contributed by atoms with E-state index in [1.165, 1.54) is 6.33 Å². The van der Waals surface area contributed by atoms with E-state index >= 15 is 0 Å². The topological polar surface area (TPSA) is 116 Å². The van der Waals surface area contributed by atoms with Gasteiger partial charge in [0.15, 0.2) is 5.65 Å². The number of benzene rings is 2. The predicted molar refractivity (Wildman–Crippen MR) is 138 cm³/mol. The number of nitrogens with two attached hydrogens (primary N) is 1. The van der Waals surface area contributed by atoms with Gasteiger partial charge in [-0.15, -0.1) is 10.2 Å². The highest BCUT2D eigenvalue weighted by Crippen LogP contribution is 2.37. The molecule has 0 spiro atoms. The van der Waals surface area contributed by atoms with Crippen molar-refractivity contribution in [3.63, 3.8) is 0 Å². The van der Waals surface area contributed by atoms with Crippen molar-refractivity contribution in [2.24, 2.45) is 0 Å². The molecule has 0 saturated carbocycles. The molecule has 0 aliphatic carbocycles. The van der Waals surface area contributed by atoms with Gasteiger partial charge in [-0.25, -0.2) is 9.97 Å².